The lowest BCUT2D eigenvalue weighted by Crippen LogP contribution is -2.63. The van der Waals surface area contributed by atoms with E-state index >= 15 is 0 Å². The third-order valence-electron chi connectivity index (χ3n) is 8.04. The van der Waals surface area contributed by atoms with E-state index in [1.54, 1.807) is 7.11 Å². The number of carbonyl (C=O) groups is 2. The number of hydrogen-bond donors (Lipinski definition) is 1. The van der Waals surface area contributed by atoms with E-state index in [0.717, 1.165) is 55.4 Å². The number of carbonyl (C=O) groups excluding carboxylic acids is 2. The fourth-order valence-electron chi connectivity index (χ4n) is 6.51. The van der Waals surface area contributed by atoms with E-state index < -0.39 is 5.54 Å². The van der Waals surface area contributed by atoms with Crippen molar-refractivity contribution in [1.82, 2.24) is 10.2 Å². The molecule has 1 atom stereocenters. The Labute approximate surface area is 196 Å². The number of rotatable bonds is 5. The van der Waals surface area contributed by atoms with Gasteiger partial charge in [0.2, 0.25) is 5.91 Å². The number of amides is 2. The lowest BCUT2D eigenvalue weighted by atomic mass is 9.69. The highest BCUT2D eigenvalue weighted by Gasteiger charge is 2.57. The molecule has 0 aromatic heterocycles. The van der Waals surface area contributed by atoms with Crippen molar-refractivity contribution in [1.29, 1.82) is 0 Å². The maximum atomic E-state index is 13.9. The summed E-state index contributed by atoms with van der Waals surface area (Å²) in [5.74, 6) is 0.652. The van der Waals surface area contributed by atoms with Crippen molar-refractivity contribution in [3.8, 4) is 5.75 Å². The second-order valence-electron chi connectivity index (χ2n) is 9.86. The molecule has 2 fully saturated rings. The van der Waals surface area contributed by atoms with Crippen molar-refractivity contribution in [3.05, 3.63) is 65.2 Å². The van der Waals surface area contributed by atoms with Crippen LogP contribution in [-0.2, 0) is 11.3 Å². The van der Waals surface area contributed by atoms with Crippen LogP contribution in [0.1, 0.15) is 85.2 Å². The van der Waals surface area contributed by atoms with Gasteiger partial charge in [-0.05, 0) is 55.0 Å². The Bertz CT molecular complexity index is 1000. The van der Waals surface area contributed by atoms with Crippen LogP contribution in [-0.4, -0.2) is 35.4 Å². The molecular weight excluding hydrogens is 412 g/mol. The predicted molar refractivity (Wildman–Crippen MR) is 128 cm³/mol. The molecule has 2 aromatic carbocycles. The third kappa shape index (κ3) is 3.92. The summed E-state index contributed by atoms with van der Waals surface area (Å²) in [5, 5.41) is 3.22. The highest BCUT2D eigenvalue weighted by Crippen LogP contribution is 2.52. The van der Waals surface area contributed by atoms with Crippen LogP contribution < -0.4 is 10.1 Å². The second kappa shape index (κ2) is 9.20. The molecule has 0 saturated heterocycles. The molecule has 2 aromatic rings. The molecule has 1 spiro atoms. The van der Waals surface area contributed by atoms with E-state index in [-0.39, 0.29) is 23.8 Å². The van der Waals surface area contributed by atoms with Gasteiger partial charge >= 0.3 is 0 Å². The SMILES string of the molecule is COc1ccc(CNC(=O)[C@H]2c3ccccc3C(=O)N(C3CCCCC3)C23CCCC3)cc1. The van der Waals surface area contributed by atoms with Crippen LogP contribution in [0, 0.1) is 0 Å². The number of nitrogens with one attached hydrogen (secondary N) is 1. The van der Waals surface area contributed by atoms with Crippen molar-refractivity contribution >= 4 is 11.8 Å². The highest BCUT2D eigenvalue weighted by molar-refractivity contribution is 6.02. The van der Waals surface area contributed by atoms with E-state index in [1.807, 2.05) is 48.5 Å². The average molecular weight is 447 g/mol. The van der Waals surface area contributed by atoms with Gasteiger partial charge in [0.05, 0.1) is 18.6 Å². The summed E-state index contributed by atoms with van der Waals surface area (Å²) in [6.45, 7) is 0.467. The number of nitrogens with zero attached hydrogens (tertiary/aromatic N) is 1. The molecule has 0 radical (unpaired) electrons. The van der Waals surface area contributed by atoms with Crippen molar-refractivity contribution in [2.45, 2.75) is 81.8 Å². The summed E-state index contributed by atoms with van der Waals surface area (Å²) in [6.07, 6.45) is 9.64. The second-order valence-corrected chi connectivity index (χ2v) is 9.86. The van der Waals surface area contributed by atoms with E-state index in [1.165, 1.54) is 19.3 Å². The van der Waals surface area contributed by atoms with E-state index in [0.29, 0.717) is 12.1 Å². The van der Waals surface area contributed by atoms with Gasteiger partial charge in [0, 0.05) is 18.2 Å². The minimum absolute atomic E-state index is 0.0356. The largest absolute Gasteiger partial charge is 0.497 e. The zero-order chi connectivity index (χ0) is 22.8. The van der Waals surface area contributed by atoms with Gasteiger partial charge in [0.25, 0.3) is 5.91 Å². The van der Waals surface area contributed by atoms with Gasteiger partial charge in [-0.25, -0.2) is 0 Å². The smallest absolute Gasteiger partial charge is 0.254 e. The lowest BCUT2D eigenvalue weighted by Gasteiger charge is -2.54. The molecule has 1 aliphatic heterocycles. The molecule has 1 heterocycles. The van der Waals surface area contributed by atoms with Crippen LogP contribution in [0.25, 0.3) is 0 Å². The Morgan fingerprint density at radius 3 is 2.39 bits per heavy atom. The molecule has 1 N–H and O–H groups in total. The molecule has 2 aliphatic carbocycles. The molecule has 3 aliphatic rings. The topological polar surface area (TPSA) is 58.6 Å². The van der Waals surface area contributed by atoms with Gasteiger partial charge in [-0.3, -0.25) is 9.59 Å². The molecule has 5 heteroatoms. The van der Waals surface area contributed by atoms with Gasteiger partial charge in [-0.15, -0.1) is 0 Å². The maximum absolute atomic E-state index is 13.9. The molecule has 2 amide bonds. The average Bonchev–Trinajstić information content (AvgIpc) is 3.33. The number of hydrogen-bond acceptors (Lipinski definition) is 3. The first kappa shape index (κ1) is 22.0. The summed E-state index contributed by atoms with van der Waals surface area (Å²) in [6, 6.07) is 15.9. The number of fused-ring (bicyclic) bond motifs is 1. The van der Waals surface area contributed by atoms with Crippen molar-refractivity contribution < 1.29 is 14.3 Å². The first-order valence-electron chi connectivity index (χ1n) is 12.5. The molecular formula is C28H34N2O3. The Balaban J connectivity index is 1.49. The minimum Gasteiger partial charge on any atom is -0.497 e. The van der Waals surface area contributed by atoms with Gasteiger partial charge in [-0.2, -0.15) is 0 Å². The van der Waals surface area contributed by atoms with Gasteiger partial charge in [0.1, 0.15) is 5.75 Å². The first-order chi connectivity index (χ1) is 16.1. The van der Waals surface area contributed by atoms with Gasteiger partial charge in [-0.1, -0.05) is 62.4 Å². The van der Waals surface area contributed by atoms with Crippen LogP contribution in [0.4, 0.5) is 0 Å². The molecule has 5 rings (SSSR count). The number of methoxy groups -OCH3 is 1. The first-order valence-corrected chi connectivity index (χ1v) is 12.5. The standard InChI is InChI=1S/C28H34N2O3/c1-33-22-15-13-20(14-16-22)19-29-26(31)25-23-11-5-6-12-24(23)27(32)30(21-9-3-2-4-10-21)28(25)17-7-8-18-28/h5-6,11-16,21,25H,2-4,7-10,17-19H2,1H3,(H,29,31)/t25-/m1/s1. The monoisotopic (exact) mass is 446 g/mol. The van der Waals surface area contributed by atoms with E-state index in [2.05, 4.69) is 10.2 Å². The van der Waals surface area contributed by atoms with Crippen molar-refractivity contribution in [2.24, 2.45) is 0 Å². The lowest BCUT2D eigenvalue weighted by molar-refractivity contribution is -0.127. The zero-order valence-corrected chi connectivity index (χ0v) is 19.5. The Morgan fingerprint density at radius 1 is 1.00 bits per heavy atom. The summed E-state index contributed by atoms with van der Waals surface area (Å²) in [5.41, 5.74) is 2.25. The summed E-state index contributed by atoms with van der Waals surface area (Å²) >= 11 is 0. The molecule has 2 saturated carbocycles. The Kier molecular flexibility index (Phi) is 6.13. The molecule has 33 heavy (non-hydrogen) atoms. The quantitative estimate of drug-likeness (QED) is 0.687. The fourth-order valence-corrected chi connectivity index (χ4v) is 6.51. The maximum Gasteiger partial charge on any atom is 0.254 e. The molecule has 0 unspecified atom stereocenters. The van der Waals surface area contributed by atoms with Crippen LogP contribution >= 0.6 is 0 Å². The van der Waals surface area contributed by atoms with Gasteiger partial charge in [0.15, 0.2) is 0 Å². The van der Waals surface area contributed by atoms with Crippen molar-refractivity contribution in [2.75, 3.05) is 7.11 Å². The minimum atomic E-state index is -0.405. The number of ether oxygens (including phenoxy) is 1. The van der Waals surface area contributed by atoms with Crippen LogP contribution in [0.5, 0.6) is 5.75 Å². The molecule has 0 bridgehead atoms. The zero-order valence-electron chi connectivity index (χ0n) is 19.5. The normalized spacial score (nSPS) is 22.3. The van der Waals surface area contributed by atoms with Crippen LogP contribution in [0.2, 0.25) is 0 Å². The molecule has 5 nitrogen and oxygen atoms in total. The van der Waals surface area contributed by atoms with Crippen molar-refractivity contribution in [3.63, 3.8) is 0 Å². The highest BCUT2D eigenvalue weighted by atomic mass is 16.5. The summed E-state index contributed by atoms with van der Waals surface area (Å²) in [7, 11) is 1.65. The third-order valence-corrected chi connectivity index (χ3v) is 8.04. The van der Waals surface area contributed by atoms with Crippen LogP contribution in [0.3, 0.4) is 0 Å². The predicted octanol–water partition coefficient (Wildman–Crippen LogP) is 5.20. The number of benzene rings is 2. The Morgan fingerprint density at radius 2 is 1.70 bits per heavy atom. The Hall–Kier alpha value is -2.82. The van der Waals surface area contributed by atoms with E-state index in [9.17, 15) is 9.59 Å². The molecule has 174 valence electrons. The van der Waals surface area contributed by atoms with E-state index in [4.69, 9.17) is 4.74 Å². The van der Waals surface area contributed by atoms with Crippen LogP contribution in [0.15, 0.2) is 48.5 Å². The fraction of sp³-hybridized carbons (Fsp3) is 0.500. The van der Waals surface area contributed by atoms with Gasteiger partial charge < -0.3 is 15.0 Å². The summed E-state index contributed by atoms with van der Waals surface area (Å²) in [4.78, 5) is 29.9. The summed E-state index contributed by atoms with van der Waals surface area (Å²) < 4.78 is 5.25.